The molecule has 1 aromatic carbocycles. The van der Waals surface area contributed by atoms with E-state index in [9.17, 15) is 4.79 Å². The van der Waals surface area contributed by atoms with Gasteiger partial charge in [-0.3, -0.25) is 4.98 Å². The van der Waals surface area contributed by atoms with Gasteiger partial charge in [0.1, 0.15) is 12.4 Å². The maximum Gasteiger partial charge on any atom is 0.339 e. The van der Waals surface area contributed by atoms with Crippen LogP contribution in [0, 0.1) is 5.92 Å². The number of pyridine rings is 2. The Balaban J connectivity index is 1.37. The highest BCUT2D eigenvalue weighted by Gasteiger charge is 2.22. The van der Waals surface area contributed by atoms with E-state index in [1.54, 1.807) is 12.1 Å². The summed E-state index contributed by atoms with van der Waals surface area (Å²) < 4.78 is 16.2. The van der Waals surface area contributed by atoms with E-state index >= 15 is 0 Å². The molecular formula is C23H22N2O4. The van der Waals surface area contributed by atoms with Crippen molar-refractivity contribution in [2.45, 2.75) is 19.4 Å². The van der Waals surface area contributed by atoms with Crippen molar-refractivity contribution in [3.8, 4) is 22.8 Å². The fourth-order valence-corrected chi connectivity index (χ4v) is 2.80. The summed E-state index contributed by atoms with van der Waals surface area (Å²) in [6, 6.07) is 15.1. The largest absolute Gasteiger partial charge is 0.487 e. The number of rotatable bonds is 8. The highest BCUT2D eigenvalue weighted by molar-refractivity contribution is 5.88. The minimum absolute atomic E-state index is 0.303. The lowest BCUT2D eigenvalue weighted by Gasteiger charge is -2.09. The van der Waals surface area contributed by atoms with Crippen LogP contribution >= 0.6 is 0 Å². The van der Waals surface area contributed by atoms with E-state index in [0.29, 0.717) is 24.0 Å². The first-order chi connectivity index (χ1) is 14.2. The number of benzene rings is 1. The summed E-state index contributed by atoms with van der Waals surface area (Å²) in [6.45, 7) is 1.06. The summed E-state index contributed by atoms with van der Waals surface area (Å²) in [4.78, 5) is 20.1. The van der Waals surface area contributed by atoms with Crippen molar-refractivity contribution in [1.29, 1.82) is 0 Å². The summed E-state index contributed by atoms with van der Waals surface area (Å²) >= 11 is 0. The van der Waals surface area contributed by atoms with Gasteiger partial charge in [-0.25, -0.2) is 9.78 Å². The minimum Gasteiger partial charge on any atom is -0.487 e. The Kier molecular flexibility index (Phi) is 5.70. The molecule has 4 rings (SSSR count). The molecule has 0 amide bonds. The van der Waals surface area contributed by atoms with Gasteiger partial charge >= 0.3 is 5.97 Å². The van der Waals surface area contributed by atoms with E-state index in [2.05, 4.69) is 14.7 Å². The number of esters is 1. The van der Waals surface area contributed by atoms with Crippen molar-refractivity contribution in [1.82, 2.24) is 9.97 Å². The third kappa shape index (κ3) is 5.10. The van der Waals surface area contributed by atoms with Gasteiger partial charge in [0.05, 0.1) is 25.0 Å². The molecule has 0 aliphatic heterocycles. The summed E-state index contributed by atoms with van der Waals surface area (Å²) in [5.41, 5.74) is 3.14. The molecule has 0 atom stereocenters. The fraction of sp³-hybridized carbons (Fsp3) is 0.261. The average molecular weight is 390 g/mol. The molecule has 29 heavy (non-hydrogen) atoms. The van der Waals surface area contributed by atoms with Crippen molar-refractivity contribution in [3.05, 3.63) is 72.2 Å². The first kappa shape index (κ1) is 18.9. The highest BCUT2D eigenvalue weighted by Crippen LogP contribution is 2.30. The third-order valence-electron chi connectivity index (χ3n) is 4.70. The van der Waals surface area contributed by atoms with Gasteiger partial charge in [-0.2, -0.15) is 0 Å². The zero-order chi connectivity index (χ0) is 20.1. The molecule has 148 valence electrons. The molecule has 2 heterocycles. The Morgan fingerprint density at radius 1 is 1.00 bits per heavy atom. The normalized spacial score (nSPS) is 13.0. The van der Waals surface area contributed by atoms with Gasteiger partial charge in [0.15, 0.2) is 0 Å². The second kappa shape index (κ2) is 8.73. The van der Waals surface area contributed by atoms with Crippen LogP contribution in [0.2, 0.25) is 0 Å². The van der Waals surface area contributed by atoms with Crippen molar-refractivity contribution >= 4 is 5.97 Å². The lowest BCUT2D eigenvalue weighted by molar-refractivity contribution is 0.0600. The van der Waals surface area contributed by atoms with Crippen LogP contribution in [0.5, 0.6) is 11.6 Å². The molecule has 1 saturated carbocycles. The van der Waals surface area contributed by atoms with Crippen LogP contribution in [-0.2, 0) is 11.3 Å². The predicted molar refractivity (Wildman–Crippen MR) is 108 cm³/mol. The molecule has 0 spiro atoms. The summed E-state index contributed by atoms with van der Waals surface area (Å²) in [6.07, 6.45) is 5.82. The van der Waals surface area contributed by atoms with Crippen LogP contribution in [0.25, 0.3) is 11.1 Å². The zero-order valence-corrected chi connectivity index (χ0v) is 16.2. The van der Waals surface area contributed by atoms with Gasteiger partial charge in [-0.15, -0.1) is 0 Å². The highest BCUT2D eigenvalue weighted by atomic mass is 16.5. The van der Waals surface area contributed by atoms with E-state index in [-0.39, 0.29) is 0 Å². The van der Waals surface area contributed by atoms with Crippen molar-refractivity contribution in [2.75, 3.05) is 13.7 Å². The molecular weight excluding hydrogens is 368 g/mol. The van der Waals surface area contributed by atoms with Gasteiger partial charge in [-0.1, -0.05) is 12.1 Å². The van der Waals surface area contributed by atoms with Crippen LogP contribution in [-0.4, -0.2) is 29.7 Å². The Morgan fingerprint density at radius 3 is 2.59 bits per heavy atom. The number of carbonyl (C=O) groups is 1. The van der Waals surface area contributed by atoms with Crippen LogP contribution in [0.15, 0.2) is 60.9 Å². The number of hydrogen-bond acceptors (Lipinski definition) is 6. The van der Waals surface area contributed by atoms with Gasteiger partial charge < -0.3 is 14.2 Å². The quantitative estimate of drug-likeness (QED) is 0.534. The first-order valence-corrected chi connectivity index (χ1v) is 9.56. The predicted octanol–water partition coefficient (Wildman–Crippen LogP) is 4.30. The first-order valence-electron chi connectivity index (χ1n) is 9.56. The number of aromatic nitrogens is 2. The molecule has 0 unspecified atom stereocenters. The van der Waals surface area contributed by atoms with Crippen LogP contribution < -0.4 is 9.47 Å². The molecule has 0 saturated heterocycles. The zero-order valence-electron chi connectivity index (χ0n) is 16.2. The van der Waals surface area contributed by atoms with Crippen LogP contribution in [0.4, 0.5) is 0 Å². The van der Waals surface area contributed by atoms with E-state index in [1.165, 1.54) is 26.1 Å². The number of methoxy groups -OCH3 is 1. The van der Waals surface area contributed by atoms with E-state index in [4.69, 9.17) is 9.47 Å². The lowest BCUT2D eigenvalue weighted by Crippen LogP contribution is -2.04. The van der Waals surface area contributed by atoms with Crippen LogP contribution in [0.3, 0.4) is 0 Å². The van der Waals surface area contributed by atoms with Gasteiger partial charge in [0, 0.05) is 24.0 Å². The molecule has 6 heteroatoms. The Morgan fingerprint density at radius 2 is 1.90 bits per heavy atom. The molecule has 1 aliphatic carbocycles. The van der Waals surface area contributed by atoms with Crippen molar-refractivity contribution < 1.29 is 19.0 Å². The van der Waals surface area contributed by atoms with Crippen molar-refractivity contribution in [2.24, 2.45) is 5.92 Å². The Bertz CT molecular complexity index is 967. The SMILES string of the molecule is COC(=O)c1ccc(COc2cccc(-c3ccc(OCC4CC4)nc3)c2)nc1. The molecule has 0 radical (unpaired) electrons. The van der Waals surface area contributed by atoms with Gasteiger partial charge in [0.2, 0.25) is 5.88 Å². The topological polar surface area (TPSA) is 70.5 Å². The molecule has 0 N–H and O–H groups in total. The lowest BCUT2D eigenvalue weighted by atomic mass is 10.1. The van der Waals surface area contributed by atoms with Gasteiger partial charge in [0.25, 0.3) is 0 Å². The maximum absolute atomic E-state index is 11.5. The average Bonchev–Trinajstić information content (AvgIpc) is 3.61. The Labute approximate surface area is 169 Å². The monoisotopic (exact) mass is 390 g/mol. The summed E-state index contributed by atoms with van der Waals surface area (Å²) in [5.74, 6) is 1.69. The van der Waals surface area contributed by atoms with Crippen LogP contribution in [0.1, 0.15) is 28.9 Å². The maximum atomic E-state index is 11.5. The van der Waals surface area contributed by atoms with E-state index in [0.717, 1.165) is 29.2 Å². The van der Waals surface area contributed by atoms with Crippen molar-refractivity contribution in [3.63, 3.8) is 0 Å². The number of hydrogen-bond donors (Lipinski definition) is 0. The van der Waals surface area contributed by atoms with E-state index in [1.807, 2.05) is 42.6 Å². The third-order valence-corrected chi connectivity index (χ3v) is 4.70. The number of nitrogens with zero attached hydrogens (tertiary/aromatic N) is 2. The standard InChI is InChI=1S/C23H22N2O4/c1-27-23(26)19-7-9-20(24-13-19)15-28-21-4-2-3-17(11-21)18-8-10-22(25-12-18)29-14-16-5-6-16/h2-4,7-13,16H,5-6,14-15H2,1H3. The second-order valence-corrected chi connectivity index (χ2v) is 6.99. The van der Waals surface area contributed by atoms with Gasteiger partial charge in [-0.05, 0) is 54.7 Å². The number of carbonyl (C=O) groups excluding carboxylic acids is 1. The molecule has 6 nitrogen and oxygen atoms in total. The van der Waals surface area contributed by atoms with E-state index < -0.39 is 5.97 Å². The number of ether oxygens (including phenoxy) is 3. The molecule has 1 fully saturated rings. The molecule has 2 aromatic heterocycles. The summed E-state index contributed by atoms with van der Waals surface area (Å²) in [7, 11) is 1.34. The minimum atomic E-state index is -0.407. The summed E-state index contributed by atoms with van der Waals surface area (Å²) in [5, 5.41) is 0. The molecule has 1 aliphatic rings. The smallest absolute Gasteiger partial charge is 0.339 e. The molecule has 3 aromatic rings. The second-order valence-electron chi connectivity index (χ2n) is 6.99. The Hall–Kier alpha value is -3.41. The molecule has 0 bridgehead atoms. The fourth-order valence-electron chi connectivity index (χ4n) is 2.80.